The van der Waals surface area contributed by atoms with E-state index in [1.54, 1.807) is 25.3 Å². The molecular weight excluding hydrogens is 297 g/mol. The molecule has 1 unspecified atom stereocenters. The van der Waals surface area contributed by atoms with Gasteiger partial charge >= 0.3 is 5.97 Å². The number of carbonyl (C=O) groups is 1. The highest BCUT2D eigenvalue weighted by Gasteiger charge is 2.59. The Morgan fingerprint density at radius 1 is 1.35 bits per heavy atom. The Balaban J connectivity index is 1.48. The quantitative estimate of drug-likeness (QED) is 0.938. The molecule has 1 aromatic heterocycles. The second-order valence-electron chi connectivity index (χ2n) is 6.71. The second kappa shape index (κ2) is 5.18. The van der Waals surface area contributed by atoms with E-state index < -0.39 is 5.97 Å². The van der Waals surface area contributed by atoms with Gasteiger partial charge in [-0.25, -0.2) is 4.39 Å². The Kier molecular flexibility index (Phi) is 3.25. The van der Waals surface area contributed by atoms with E-state index in [4.69, 9.17) is 9.84 Å². The lowest BCUT2D eigenvalue weighted by Gasteiger charge is -2.19. The zero-order valence-electron chi connectivity index (χ0n) is 12.8. The molecule has 0 aliphatic heterocycles. The smallest absolute Gasteiger partial charge is 0.306 e. The summed E-state index contributed by atoms with van der Waals surface area (Å²) in [5.41, 5.74) is 0.712. The van der Waals surface area contributed by atoms with Crippen LogP contribution in [0.4, 0.5) is 4.39 Å². The van der Waals surface area contributed by atoms with Crippen LogP contribution in [-0.4, -0.2) is 22.2 Å². The lowest BCUT2D eigenvalue weighted by Crippen LogP contribution is -2.20. The number of fused-ring (bicyclic) bond motifs is 2. The van der Waals surface area contributed by atoms with Gasteiger partial charge in [-0.05, 0) is 54.9 Å². The van der Waals surface area contributed by atoms with Gasteiger partial charge in [0.05, 0.1) is 17.5 Å². The maximum Gasteiger partial charge on any atom is 0.306 e. The van der Waals surface area contributed by atoms with Crippen molar-refractivity contribution in [3.63, 3.8) is 0 Å². The number of halogens is 1. The minimum absolute atomic E-state index is 0.0797. The van der Waals surface area contributed by atoms with Crippen LogP contribution in [-0.2, 0) is 4.79 Å². The number of aromatic nitrogens is 1. The van der Waals surface area contributed by atoms with Crippen molar-refractivity contribution in [3.8, 4) is 5.75 Å². The highest BCUT2D eigenvalue weighted by Crippen LogP contribution is 2.61. The molecule has 5 heteroatoms. The van der Waals surface area contributed by atoms with E-state index in [1.807, 2.05) is 0 Å². The first kappa shape index (κ1) is 14.4. The predicted molar refractivity (Wildman–Crippen MR) is 82.6 cm³/mol. The summed E-state index contributed by atoms with van der Waals surface area (Å²) in [5, 5.41) is 9.80. The lowest BCUT2D eigenvalue weighted by molar-refractivity contribution is -0.142. The van der Waals surface area contributed by atoms with Crippen LogP contribution in [0.3, 0.4) is 0 Å². The van der Waals surface area contributed by atoms with Crippen molar-refractivity contribution >= 4 is 16.9 Å². The fourth-order valence-electron chi connectivity index (χ4n) is 4.22. The van der Waals surface area contributed by atoms with Gasteiger partial charge in [-0.1, -0.05) is 6.92 Å². The van der Waals surface area contributed by atoms with E-state index in [-0.39, 0.29) is 17.8 Å². The first-order valence-corrected chi connectivity index (χ1v) is 7.98. The average molecular weight is 315 g/mol. The van der Waals surface area contributed by atoms with E-state index >= 15 is 0 Å². The van der Waals surface area contributed by atoms with E-state index in [9.17, 15) is 9.18 Å². The highest BCUT2D eigenvalue weighted by atomic mass is 19.1. The maximum absolute atomic E-state index is 13.5. The van der Waals surface area contributed by atoms with Crippen molar-refractivity contribution in [3.05, 3.63) is 36.3 Å². The number of nitrogens with zero attached hydrogens (tertiary/aromatic N) is 1. The molecule has 1 heterocycles. The van der Waals surface area contributed by atoms with Crippen LogP contribution in [0.25, 0.3) is 10.9 Å². The topological polar surface area (TPSA) is 59.4 Å². The standard InChI is InChI=1S/C18H18FNO3/c1-9(18(21)22)17-12-7-11(8-13(12)17)23-16-4-5-20-15-3-2-10(19)6-14(15)16/h2-6,9,11-13,17H,7-8H2,1H3,(H,21,22)/t9?,11-,12+,13-,17-. The van der Waals surface area contributed by atoms with Crippen molar-refractivity contribution in [1.29, 1.82) is 0 Å². The molecule has 4 nitrogen and oxygen atoms in total. The molecule has 2 aromatic rings. The summed E-state index contributed by atoms with van der Waals surface area (Å²) in [6.07, 6.45) is 3.51. The van der Waals surface area contributed by atoms with Crippen LogP contribution in [0.2, 0.25) is 0 Å². The monoisotopic (exact) mass is 315 g/mol. The molecule has 120 valence electrons. The number of hydrogen-bond donors (Lipinski definition) is 1. The number of rotatable bonds is 4. The molecule has 23 heavy (non-hydrogen) atoms. The fraction of sp³-hybridized carbons (Fsp3) is 0.444. The Labute approximate surface area is 133 Å². The molecular formula is C18H18FNO3. The van der Waals surface area contributed by atoms with Crippen molar-refractivity contribution in [1.82, 2.24) is 4.98 Å². The fourth-order valence-corrected chi connectivity index (χ4v) is 4.22. The second-order valence-corrected chi connectivity index (χ2v) is 6.71. The van der Waals surface area contributed by atoms with E-state index in [0.29, 0.717) is 34.4 Å². The van der Waals surface area contributed by atoms with E-state index in [2.05, 4.69) is 4.98 Å². The number of carboxylic acids is 1. The minimum Gasteiger partial charge on any atom is -0.490 e. The van der Waals surface area contributed by atoms with Crippen LogP contribution in [0.15, 0.2) is 30.5 Å². The van der Waals surface area contributed by atoms with Crippen LogP contribution < -0.4 is 4.74 Å². The first-order valence-electron chi connectivity index (χ1n) is 7.98. The van der Waals surface area contributed by atoms with Crippen molar-refractivity contribution < 1.29 is 19.0 Å². The third-order valence-electron chi connectivity index (χ3n) is 5.39. The normalized spacial score (nSPS) is 30.0. The number of ether oxygens (including phenoxy) is 1. The van der Waals surface area contributed by atoms with Gasteiger partial charge in [0.1, 0.15) is 11.6 Å². The lowest BCUT2D eigenvalue weighted by atomic mass is 9.98. The van der Waals surface area contributed by atoms with Gasteiger partial charge in [0.25, 0.3) is 0 Å². The average Bonchev–Trinajstić information content (AvgIpc) is 3.02. The Morgan fingerprint density at radius 2 is 2.09 bits per heavy atom. The van der Waals surface area contributed by atoms with Gasteiger partial charge in [0, 0.05) is 11.6 Å². The molecule has 0 amide bonds. The van der Waals surface area contributed by atoms with Crippen LogP contribution in [0, 0.1) is 29.5 Å². The molecule has 4 rings (SSSR count). The summed E-state index contributed by atoms with van der Waals surface area (Å²) in [4.78, 5) is 15.3. The molecule has 2 saturated carbocycles. The predicted octanol–water partition coefficient (Wildman–Crippen LogP) is 3.50. The Hall–Kier alpha value is -2.17. The van der Waals surface area contributed by atoms with Crippen LogP contribution in [0.5, 0.6) is 5.75 Å². The molecule has 0 spiro atoms. The molecule has 0 radical (unpaired) electrons. The number of pyridine rings is 1. The summed E-state index contributed by atoms with van der Waals surface area (Å²) in [6.45, 7) is 1.79. The minimum atomic E-state index is -0.711. The van der Waals surface area contributed by atoms with Crippen LogP contribution >= 0.6 is 0 Å². The van der Waals surface area contributed by atoms with Crippen molar-refractivity contribution in [2.24, 2.45) is 23.7 Å². The number of benzene rings is 1. The molecule has 1 N–H and O–H groups in total. The Bertz CT molecular complexity index is 766. The molecule has 2 fully saturated rings. The number of hydrogen-bond acceptors (Lipinski definition) is 3. The van der Waals surface area contributed by atoms with E-state index in [1.165, 1.54) is 12.1 Å². The third kappa shape index (κ3) is 2.44. The zero-order chi connectivity index (χ0) is 16.1. The molecule has 5 atom stereocenters. The molecule has 0 saturated heterocycles. The van der Waals surface area contributed by atoms with Gasteiger partial charge in [0.15, 0.2) is 0 Å². The summed E-state index contributed by atoms with van der Waals surface area (Å²) in [6, 6.07) is 6.25. The molecule has 1 aromatic carbocycles. The van der Waals surface area contributed by atoms with E-state index in [0.717, 1.165) is 12.8 Å². The Morgan fingerprint density at radius 3 is 2.78 bits per heavy atom. The van der Waals surface area contributed by atoms with Crippen molar-refractivity contribution in [2.75, 3.05) is 0 Å². The van der Waals surface area contributed by atoms with Gasteiger partial charge in [-0.15, -0.1) is 0 Å². The SMILES string of the molecule is CC(C(=O)O)[C@H]1[C@@H]2C[C@H](Oc3ccnc4ccc(F)cc34)C[C@@H]21. The van der Waals surface area contributed by atoms with Gasteiger partial charge in [0.2, 0.25) is 0 Å². The summed E-state index contributed by atoms with van der Waals surface area (Å²) in [5.74, 6) is 0.564. The highest BCUT2D eigenvalue weighted by molar-refractivity contribution is 5.84. The molecule has 0 bridgehead atoms. The van der Waals surface area contributed by atoms with Crippen LogP contribution in [0.1, 0.15) is 19.8 Å². The molecule has 2 aliphatic rings. The number of aliphatic carboxylic acids is 1. The summed E-state index contributed by atoms with van der Waals surface area (Å²) < 4.78 is 19.6. The summed E-state index contributed by atoms with van der Waals surface area (Å²) in [7, 11) is 0. The third-order valence-corrected chi connectivity index (χ3v) is 5.39. The maximum atomic E-state index is 13.5. The molecule has 2 aliphatic carbocycles. The summed E-state index contributed by atoms with van der Waals surface area (Å²) >= 11 is 0. The van der Waals surface area contributed by atoms with Crippen molar-refractivity contribution in [2.45, 2.75) is 25.9 Å². The van der Waals surface area contributed by atoms with Gasteiger partial charge < -0.3 is 9.84 Å². The van der Waals surface area contributed by atoms with Gasteiger partial charge in [-0.3, -0.25) is 9.78 Å². The first-order chi connectivity index (χ1) is 11.0. The zero-order valence-corrected chi connectivity index (χ0v) is 12.8. The number of carboxylic acid groups (broad SMARTS) is 1. The largest absolute Gasteiger partial charge is 0.490 e. The van der Waals surface area contributed by atoms with Gasteiger partial charge in [-0.2, -0.15) is 0 Å².